The molecule has 1 amide bonds. The van der Waals surface area contributed by atoms with Gasteiger partial charge in [-0.05, 0) is 36.3 Å². The lowest BCUT2D eigenvalue weighted by molar-refractivity contribution is -0.134. The fourth-order valence-electron chi connectivity index (χ4n) is 4.63. The van der Waals surface area contributed by atoms with Crippen molar-refractivity contribution in [3.63, 3.8) is 0 Å². The van der Waals surface area contributed by atoms with Crippen LogP contribution in [0.4, 0.5) is 0 Å². The number of fused-ring (bicyclic) bond motifs is 2. The molecule has 1 aliphatic heterocycles. The predicted molar refractivity (Wildman–Crippen MR) is 102 cm³/mol. The molecule has 146 valence electrons. The fraction of sp³-hybridized carbons (Fsp3) is 0.667. The molecule has 2 fully saturated rings. The highest BCUT2D eigenvalue weighted by molar-refractivity contribution is 6.29. The summed E-state index contributed by atoms with van der Waals surface area (Å²) in [6, 6.07) is 0. The SMILES string of the molecule is Cn1c(=O)c2c(nc(Cl)n2CC(=O)N2CC[C@@H]3CCCC[C@@H]3C2)n(C)c1=O. The van der Waals surface area contributed by atoms with Crippen molar-refractivity contribution >= 4 is 28.7 Å². The largest absolute Gasteiger partial charge is 0.341 e. The van der Waals surface area contributed by atoms with Crippen LogP contribution in [0.2, 0.25) is 5.28 Å². The summed E-state index contributed by atoms with van der Waals surface area (Å²) >= 11 is 6.23. The number of piperidine rings is 1. The second-order valence-corrected chi connectivity index (χ2v) is 8.12. The summed E-state index contributed by atoms with van der Waals surface area (Å²) in [6.45, 7) is 1.49. The van der Waals surface area contributed by atoms with Gasteiger partial charge in [-0.1, -0.05) is 19.3 Å². The summed E-state index contributed by atoms with van der Waals surface area (Å²) in [6.07, 6.45) is 6.05. The Morgan fingerprint density at radius 1 is 1.11 bits per heavy atom. The first-order valence-electron chi connectivity index (χ1n) is 9.48. The third kappa shape index (κ3) is 2.99. The molecule has 0 unspecified atom stereocenters. The van der Waals surface area contributed by atoms with E-state index in [4.69, 9.17) is 11.6 Å². The van der Waals surface area contributed by atoms with Crippen LogP contribution in [0.5, 0.6) is 0 Å². The zero-order valence-electron chi connectivity index (χ0n) is 15.7. The molecule has 0 radical (unpaired) electrons. The maximum Gasteiger partial charge on any atom is 0.332 e. The number of imidazole rings is 1. The Labute approximate surface area is 161 Å². The summed E-state index contributed by atoms with van der Waals surface area (Å²) in [5, 5.41) is 0.0456. The van der Waals surface area contributed by atoms with Crippen molar-refractivity contribution < 1.29 is 4.79 Å². The van der Waals surface area contributed by atoms with E-state index in [0.717, 1.165) is 30.0 Å². The van der Waals surface area contributed by atoms with Gasteiger partial charge in [-0.3, -0.25) is 23.3 Å². The number of rotatable bonds is 2. The van der Waals surface area contributed by atoms with E-state index in [1.165, 1.54) is 48.9 Å². The number of hydrogen-bond donors (Lipinski definition) is 0. The lowest BCUT2D eigenvalue weighted by Crippen LogP contribution is -2.46. The minimum Gasteiger partial charge on any atom is -0.341 e. The topological polar surface area (TPSA) is 82.1 Å². The number of nitrogens with zero attached hydrogens (tertiary/aromatic N) is 5. The molecule has 2 aliphatic rings. The Morgan fingerprint density at radius 2 is 1.81 bits per heavy atom. The van der Waals surface area contributed by atoms with Crippen LogP contribution in [0.25, 0.3) is 11.2 Å². The van der Waals surface area contributed by atoms with Gasteiger partial charge < -0.3 is 4.90 Å². The number of likely N-dealkylation sites (tertiary alicyclic amines) is 1. The molecule has 1 aliphatic carbocycles. The van der Waals surface area contributed by atoms with Gasteiger partial charge in [-0.2, -0.15) is 4.98 Å². The first-order chi connectivity index (χ1) is 12.9. The average Bonchev–Trinajstić information content (AvgIpc) is 3.00. The Morgan fingerprint density at radius 3 is 2.56 bits per heavy atom. The van der Waals surface area contributed by atoms with E-state index in [-0.39, 0.29) is 28.9 Å². The number of aryl methyl sites for hydroxylation is 1. The smallest absolute Gasteiger partial charge is 0.332 e. The highest BCUT2D eigenvalue weighted by Gasteiger charge is 2.33. The van der Waals surface area contributed by atoms with Gasteiger partial charge in [0.05, 0.1) is 0 Å². The third-order valence-corrected chi connectivity index (χ3v) is 6.53. The van der Waals surface area contributed by atoms with Crippen LogP contribution in [0.15, 0.2) is 9.59 Å². The first kappa shape index (κ1) is 18.3. The van der Waals surface area contributed by atoms with Crippen molar-refractivity contribution in [1.29, 1.82) is 0 Å². The van der Waals surface area contributed by atoms with Gasteiger partial charge in [0, 0.05) is 27.2 Å². The number of hydrogen-bond acceptors (Lipinski definition) is 4. The third-order valence-electron chi connectivity index (χ3n) is 6.24. The van der Waals surface area contributed by atoms with Crippen molar-refractivity contribution in [2.45, 2.75) is 38.6 Å². The van der Waals surface area contributed by atoms with Gasteiger partial charge in [-0.25, -0.2) is 4.79 Å². The van der Waals surface area contributed by atoms with Crippen LogP contribution >= 0.6 is 11.6 Å². The van der Waals surface area contributed by atoms with E-state index in [0.29, 0.717) is 5.92 Å². The van der Waals surface area contributed by atoms with Gasteiger partial charge in [-0.15, -0.1) is 0 Å². The second kappa shape index (κ2) is 6.82. The van der Waals surface area contributed by atoms with Gasteiger partial charge >= 0.3 is 5.69 Å². The molecule has 27 heavy (non-hydrogen) atoms. The summed E-state index contributed by atoms with van der Waals surface area (Å²) in [5.41, 5.74) is -0.580. The number of aromatic nitrogens is 4. The Bertz CT molecular complexity index is 1020. The van der Waals surface area contributed by atoms with Crippen LogP contribution in [-0.4, -0.2) is 42.6 Å². The van der Waals surface area contributed by atoms with Crippen molar-refractivity contribution in [3.05, 3.63) is 26.1 Å². The van der Waals surface area contributed by atoms with Crippen LogP contribution in [0.1, 0.15) is 32.1 Å². The van der Waals surface area contributed by atoms with Crippen LogP contribution in [0.3, 0.4) is 0 Å². The standard InChI is InChI=1S/C18H24ClN5O3/c1-21-15-14(16(26)22(2)18(21)27)24(17(19)20-15)10-13(25)23-8-7-11-5-3-4-6-12(11)9-23/h11-12H,3-10H2,1-2H3/t11-,12+/m0/s1. The highest BCUT2D eigenvalue weighted by atomic mass is 35.5. The molecule has 8 nitrogen and oxygen atoms in total. The molecule has 2 aromatic heterocycles. The van der Waals surface area contributed by atoms with E-state index < -0.39 is 11.2 Å². The van der Waals surface area contributed by atoms with E-state index in [2.05, 4.69) is 4.98 Å². The Kier molecular flexibility index (Phi) is 4.61. The molecular formula is C18H24ClN5O3. The predicted octanol–water partition coefficient (Wildman–Crippen LogP) is 1.13. The van der Waals surface area contributed by atoms with Crippen molar-refractivity contribution in [1.82, 2.24) is 23.6 Å². The summed E-state index contributed by atoms with van der Waals surface area (Å²) in [7, 11) is 2.94. The summed E-state index contributed by atoms with van der Waals surface area (Å²) in [5.74, 6) is 1.26. The molecule has 1 saturated heterocycles. The zero-order chi connectivity index (χ0) is 19.3. The number of amides is 1. The molecular weight excluding hydrogens is 370 g/mol. The zero-order valence-corrected chi connectivity index (χ0v) is 16.4. The van der Waals surface area contributed by atoms with Crippen LogP contribution < -0.4 is 11.2 Å². The quantitative estimate of drug-likeness (QED) is 0.716. The number of carbonyl (C=O) groups excluding carboxylic acids is 1. The molecule has 1 saturated carbocycles. The first-order valence-corrected chi connectivity index (χ1v) is 9.85. The van der Waals surface area contributed by atoms with Crippen molar-refractivity contribution in [3.8, 4) is 0 Å². The van der Waals surface area contributed by atoms with E-state index >= 15 is 0 Å². The average molecular weight is 394 g/mol. The lowest BCUT2D eigenvalue weighted by Gasteiger charge is -2.41. The van der Waals surface area contributed by atoms with Gasteiger partial charge in [0.2, 0.25) is 11.2 Å². The molecule has 0 N–H and O–H groups in total. The minimum atomic E-state index is -0.494. The van der Waals surface area contributed by atoms with E-state index in [1.54, 1.807) is 0 Å². The Balaban J connectivity index is 1.64. The van der Waals surface area contributed by atoms with Crippen molar-refractivity contribution in [2.24, 2.45) is 25.9 Å². The molecule has 4 rings (SSSR count). The number of halogens is 1. The highest BCUT2D eigenvalue weighted by Crippen LogP contribution is 2.36. The maximum atomic E-state index is 12.9. The van der Waals surface area contributed by atoms with Gasteiger partial charge in [0.15, 0.2) is 11.2 Å². The summed E-state index contributed by atoms with van der Waals surface area (Å²) in [4.78, 5) is 43.6. The van der Waals surface area contributed by atoms with Crippen LogP contribution in [0, 0.1) is 11.8 Å². The molecule has 9 heteroatoms. The monoisotopic (exact) mass is 393 g/mol. The molecule has 3 heterocycles. The second-order valence-electron chi connectivity index (χ2n) is 7.78. The molecule has 2 aromatic rings. The fourth-order valence-corrected chi connectivity index (χ4v) is 4.85. The van der Waals surface area contributed by atoms with E-state index in [1.807, 2.05) is 4.90 Å². The summed E-state index contributed by atoms with van der Waals surface area (Å²) < 4.78 is 3.71. The van der Waals surface area contributed by atoms with Gasteiger partial charge in [0.25, 0.3) is 5.56 Å². The normalized spacial score (nSPS) is 22.9. The molecule has 2 atom stereocenters. The maximum absolute atomic E-state index is 12.9. The van der Waals surface area contributed by atoms with Gasteiger partial charge in [0.1, 0.15) is 6.54 Å². The van der Waals surface area contributed by atoms with Crippen LogP contribution in [-0.2, 0) is 25.4 Å². The Hall–Kier alpha value is -2.09. The minimum absolute atomic E-state index is 0.0415. The van der Waals surface area contributed by atoms with Crippen molar-refractivity contribution in [2.75, 3.05) is 13.1 Å². The number of carbonyl (C=O) groups is 1. The molecule has 0 spiro atoms. The van der Waals surface area contributed by atoms with E-state index in [9.17, 15) is 14.4 Å². The molecule has 0 bridgehead atoms. The molecule has 0 aromatic carbocycles. The lowest BCUT2D eigenvalue weighted by atomic mass is 9.75.